The van der Waals surface area contributed by atoms with Crippen LogP contribution in [0, 0.1) is 0 Å². The van der Waals surface area contributed by atoms with Crippen molar-refractivity contribution in [2.75, 3.05) is 26.0 Å². The molecule has 0 radical (unpaired) electrons. The van der Waals surface area contributed by atoms with E-state index in [2.05, 4.69) is 72.5 Å². The minimum atomic E-state index is 0.183. The van der Waals surface area contributed by atoms with Crippen molar-refractivity contribution < 1.29 is 0 Å². The van der Waals surface area contributed by atoms with Crippen molar-refractivity contribution in [3.63, 3.8) is 0 Å². The van der Waals surface area contributed by atoms with E-state index in [4.69, 9.17) is 4.98 Å². The van der Waals surface area contributed by atoms with Crippen LogP contribution in [0.3, 0.4) is 0 Å². The monoisotopic (exact) mass is 304 g/mol. The number of rotatable bonds is 2. The summed E-state index contributed by atoms with van der Waals surface area (Å²) in [6.45, 7) is 0. The molecule has 1 aromatic heterocycles. The van der Waals surface area contributed by atoms with Crippen molar-refractivity contribution in [3.8, 4) is 0 Å². The number of anilines is 1. The van der Waals surface area contributed by atoms with Crippen LogP contribution in [0.5, 0.6) is 0 Å². The lowest BCUT2D eigenvalue weighted by atomic mass is 9.92. The van der Waals surface area contributed by atoms with Gasteiger partial charge < -0.3 is 9.88 Å². The Hall–Kier alpha value is -2.59. The van der Waals surface area contributed by atoms with Gasteiger partial charge in [0.05, 0.1) is 17.1 Å². The largest absolute Gasteiger partial charge is 0.350 e. The third kappa shape index (κ3) is 2.23. The SMILES string of the molecule is CN1C=C(c2nc3ccccc3[nH]2)C(N(C)C)c2ccccc21. The van der Waals surface area contributed by atoms with E-state index < -0.39 is 0 Å². The second kappa shape index (κ2) is 5.25. The summed E-state index contributed by atoms with van der Waals surface area (Å²) in [7, 11) is 6.32. The minimum absolute atomic E-state index is 0.183. The van der Waals surface area contributed by atoms with Crippen molar-refractivity contribution >= 4 is 22.3 Å². The molecule has 4 nitrogen and oxygen atoms in total. The zero-order chi connectivity index (χ0) is 16.0. The van der Waals surface area contributed by atoms with Crippen LogP contribution in [0.4, 0.5) is 5.69 Å². The normalized spacial score (nSPS) is 17.5. The molecule has 23 heavy (non-hydrogen) atoms. The first kappa shape index (κ1) is 14.0. The van der Waals surface area contributed by atoms with Crippen molar-refractivity contribution in [1.29, 1.82) is 0 Å². The van der Waals surface area contributed by atoms with Gasteiger partial charge in [-0.2, -0.15) is 0 Å². The number of para-hydroxylation sites is 3. The number of likely N-dealkylation sites (N-methyl/N-ethyl adjacent to an activating group) is 1. The molecule has 116 valence electrons. The average molecular weight is 304 g/mol. The maximum Gasteiger partial charge on any atom is 0.137 e. The molecule has 3 aromatic rings. The fourth-order valence-corrected chi connectivity index (χ4v) is 3.39. The van der Waals surface area contributed by atoms with Crippen molar-refractivity contribution in [3.05, 3.63) is 66.1 Å². The summed E-state index contributed by atoms with van der Waals surface area (Å²) >= 11 is 0. The molecule has 0 aliphatic carbocycles. The van der Waals surface area contributed by atoms with Gasteiger partial charge in [0.2, 0.25) is 0 Å². The fourth-order valence-electron chi connectivity index (χ4n) is 3.39. The molecule has 4 heteroatoms. The maximum atomic E-state index is 4.80. The van der Waals surface area contributed by atoms with Gasteiger partial charge in [-0.1, -0.05) is 30.3 Å². The van der Waals surface area contributed by atoms with Gasteiger partial charge >= 0.3 is 0 Å². The predicted octanol–water partition coefficient (Wildman–Crippen LogP) is 3.66. The smallest absolute Gasteiger partial charge is 0.137 e. The van der Waals surface area contributed by atoms with Gasteiger partial charge in [0.15, 0.2) is 0 Å². The van der Waals surface area contributed by atoms with Gasteiger partial charge in [0.25, 0.3) is 0 Å². The van der Waals surface area contributed by atoms with Gasteiger partial charge in [0, 0.05) is 24.5 Å². The minimum Gasteiger partial charge on any atom is -0.350 e. The van der Waals surface area contributed by atoms with Crippen LogP contribution in [-0.4, -0.2) is 36.0 Å². The molecule has 0 fully saturated rings. The number of hydrogen-bond acceptors (Lipinski definition) is 3. The van der Waals surface area contributed by atoms with E-state index in [9.17, 15) is 0 Å². The molecule has 0 bridgehead atoms. The van der Waals surface area contributed by atoms with E-state index in [1.165, 1.54) is 16.8 Å². The van der Waals surface area contributed by atoms with Gasteiger partial charge in [0.1, 0.15) is 5.82 Å². The van der Waals surface area contributed by atoms with Crippen LogP contribution in [0.2, 0.25) is 0 Å². The summed E-state index contributed by atoms with van der Waals surface area (Å²) in [5.74, 6) is 0.936. The molecular formula is C19H20N4. The summed E-state index contributed by atoms with van der Waals surface area (Å²) in [4.78, 5) is 12.7. The van der Waals surface area contributed by atoms with Crippen LogP contribution >= 0.6 is 0 Å². The molecule has 2 aromatic carbocycles. The number of imidazole rings is 1. The summed E-state index contributed by atoms with van der Waals surface area (Å²) in [6, 6.07) is 16.9. The number of hydrogen-bond donors (Lipinski definition) is 1. The zero-order valence-electron chi connectivity index (χ0n) is 13.6. The first-order valence-corrected chi connectivity index (χ1v) is 7.80. The third-order valence-corrected chi connectivity index (χ3v) is 4.42. The van der Waals surface area contributed by atoms with Gasteiger partial charge in [-0.15, -0.1) is 0 Å². The lowest BCUT2D eigenvalue weighted by Gasteiger charge is -2.35. The standard InChI is InChI=1S/C19H20N4/c1-22(2)18-13-8-4-7-11-17(13)23(3)12-14(18)19-20-15-9-5-6-10-16(15)21-19/h4-12,18H,1-3H3,(H,20,21). The summed E-state index contributed by atoms with van der Waals surface area (Å²) in [5, 5.41) is 0. The summed E-state index contributed by atoms with van der Waals surface area (Å²) in [5.41, 5.74) is 5.81. The number of H-pyrrole nitrogens is 1. The van der Waals surface area contributed by atoms with Crippen LogP contribution < -0.4 is 4.90 Å². The highest BCUT2D eigenvalue weighted by Gasteiger charge is 2.29. The zero-order valence-corrected chi connectivity index (χ0v) is 13.6. The average Bonchev–Trinajstić information content (AvgIpc) is 2.98. The lowest BCUT2D eigenvalue weighted by molar-refractivity contribution is 0.357. The quantitative estimate of drug-likeness (QED) is 0.785. The number of aromatic amines is 1. The Balaban J connectivity index is 1.89. The summed E-state index contributed by atoms with van der Waals surface area (Å²) < 4.78 is 0. The highest BCUT2D eigenvalue weighted by atomic mass is 15.2. The van der Waals surface area contributed by atoms with E-state index in [0.29, 0.717) is 0 Å². The fraction of sp³-hybridized carbons (Fsp3) is 0.211. The molecular weight excluding hydrogens is 284 g/mol. The third-order valence-electron chi connectivity index (χ3n) is 4.42. The molecule has 1 unspecified atom stereocenters. The van der Waals surface area contributed by atoms with Crippen LogP contribution in [0.15, 0.2) is 54.7 Å². The van der Waals surface area contributed by atoms with Crippen molar-refractivity contribution in [2.24, 2.45) is 0 Å². The van der Waals surface area contributed by atoms with E-state index in [0.717, 1.165) is 16.9 Å². The predicted molar refractivity (Wildman–Crippen MR) is 95.3 cm³/mol. The Morgan fingerprint density at radius 2 is 1.78 bits per heavy atom. The number of nitrogens with one attached hydrogen (secondary N) is 1. The Morgan fingerprint density at radius 3 is 2.57 bits per heavy atom. The van der Waals surface area contributed by atoms with Crippen LogP contribution in [-0.2, 0) is 0 Å². The van der Waals surface area contributed by atoms with E-state index in [1.807, 2.05) is 18.2 Å². The molecule has 1 atom stereocenters. The van der Waals surface area contributed by atoms with Gasteiger partial charge in [-0.25, -0.2) is 4.98 Å². The van der Waals surface area contributed by atoms with E-state index in [1.54, 1.807) is 0 Å². The molecule has 4 rings (SSSR count). The number of fused-ring (bicyclic) bond motifs is 2. The highest BCUT2D eigenvalue weighted by molar-refractivity contribution is 5.83. The molecule has 0 amide bonds. The molecule has 0 spiro atoms. The van der Waals surface area contributed by atoms with E-state index >= 15 is 0 Å². The highest BCUT2D eigenvalue weighted by Crippen LogP contribution is 2.42. The first-order valence-electron chi connectivity index (χ1n) is 7.80. The first-order chi connectivity index (χ1) is 11.1. The number of aromatic nitrogens is 2. The second-order valence-corrected chi connectivity index (χ2v) is 6.22. The molecule has 1 aliphatic heterocycles. The van der Waals surface area contributed by atoms with Crippen LogP contribution in [0.25, 0.3) is 16.6 Å². The molecule has 2 heterocycles. The van der Waals surface area contributed by atoms with E-state index in [-0.39, 0.29) is 6.04 Å². The maximum absolute atomic E-state index is 4.80. The Morgan fingerprint density at radius 1 is 1.04 bits per heavy atom. The topological polar surface area (TPSA) is 35.2 Å². The lowest BCUT2D eigenvalue weighted by Crippen LogP contribution is -2.28. The molecule has 1 N–H and O–H groups in total. The molecule has 0 saturated heterocycles. The Labute approximate surface area is 136 Å². The van der Waals surface area contributed by atoms with Crippen molar-refractivity contribution in [2.45, 2.75) is 6.04 Å². The summed E-state index contributed by atoms with van der Waals surface area (Å²) in [6.07, 6.45) is 2.19. The van der Waals surface area contributed by atoms with Crippen molar-refractivity contribution in [1.82, 2.24) is 14.9 Å². The second-order valence-electron chi connectivity index (χ2n) is 6.22. The number of nitrogens with zero attached hydrogens (tertiary/aromatic N) is 3. The molecule has 1 aliphatic rings. The molecule has 0 saturated carbocycles. The Bertz CT molecular complexity index is 858. The van der Waals surface area contributed by atoms with Gasteiger partial charge in [-0.3, -0.25) is 4.90 Å². The Kier molecular flexibility index (Phi) is 3.20. The van der Waals surface area contributed by atoms with Gasteiger partial charge in [-0.05, 0) is 37.9 Å². The van der Waals surface area contributed by atoms with Crippen LogP contribution in [0.1, 0.15) is 17.4 Å². The number of benzene rings is 2.